The van der Waals surface area contributed by atoms with E-state index < -0.39 is 0 Å². The average Bonchev–Trinajstić information content (AvgIpc) is 3.13. The van der Waals surface area contributed by atoms with Crippen molar-refractivity contribution >= 4 is 8.80 Å². The zero-order valence-corrected chi connectivity index (χ0v) is 23.3. The van der Waals surface area contributed by atoms with Gasteiger partial charge in [0.05, 0.1) is 0 Å². The van der Waals surface area contributed by atoms with Gasteiger partial charge in [-0.15, -0.1) is 6.58 Å². The third-order valence-corrected chi connectivity index (χ3v) is 4.72. The van der Waals surface area contributed by atoms with Crippen molar-refractivity contribution in [2.75, 3.05) is 0 Å². The normalized spacial score (nSPS) is 9.96. The molecule has 2 aromatic carbocycles. The molecule has 151 valence electrons. The molecule has 0 atom stereocenters. The summed E-state index contributed by atoms with van der Waals surface area (Å²) >= 11 is 0. The Morgan fingerprint density at radius 1 is 0.741 bits per heavy atom. The molecule has 0 amide bonds. The third-order valence-electron chi connectivity index (χ3n) is 3.61. The molecule has 0 spiro atoms. The van der Waals surface area contributed by atoms with E-state index in [4.69, 9.17) is 0 Å². The van der Waals surface area contributed by atoms with Crippen LogP contribution in [-0.4, -0.2) is 8.80 Å². The number of allylic oxidation sites excluding steroid dienone is 1. The molecule has 0 saturated heterocycles. The molecule has 27 heavy (non-hydrogen) atoms. The standard InChI is InChI=1S/2C9H13.C5H11Si.2ClH.Zr/c2*1-9(2,3)8-6-4-5-7-8;1-4-5-6(2)3;;;/h2*4-7H,1-3H3;4H,1,5H2,2-3H3;2*1H;/q2*-1;;;;+4/p-2. The van der Waals surface area contributed by atoms with E-state index in [2.05, 4.69) is 110 Å². The van der Waals surface area contributed by atoms with Gasteiger partial charge in [-0.05, 0) is 6.04 Å². The maximum atomic E-state index is 3.63. The van der Waals surface area contributed by atoms with Crippen molar-refractivity contribution in [3.8, 4) is 0 Å². The summed E-state index contributed by atoms with van der Waals surface area (Å²) in [5.41, 5.74) is 3.48. The number of hydrogen-bond donors (Lipinski definition) is 0. The van der Waals surface area contributed by atoms with Gasteiger partial charge in [-0.25, -0.2) is 24.3 Å². The maximum Gasteiger partial charge on any atom is 4.00 e. The molecule has 2 aromatic rings. The predicted molar refractivity (Wildman–Crippen MR) is 114 cm³/mol. The number of halogens is 2. The summed E-state index contributed by atoms with van der Waals surface area (Å²) < 4.78 is 0. The van der Waals surface area contributed by atoms with Gasteiger partial charge in [0.25, 0.3) is 0 Å². The van der Waals surface area contributed by atoms with Crippen LogP contribution in [0.5, 0.6) is 0 Å². The summed E-state index contributed by atoms with van der Waals surface area (Å²) in [6.07, 6.45) is 1.99. The van der Waals surface area contributed by atoms with Crippen LogP contribution in [0.15, 0.2) is 61.2 Å². The second kappa shape index (κ2) is 17.0. The molecule has 0 N–H and O–H groups in total. The van der Waals surface area contributed by atoms with Crippen LogP contribution < -0.4 is 24.8 Å². The summed E-state index contributed by atoms with van der Waals surface area (Å²) in [6, 6.07) is 18.2. The van der Waals surface area contributed by atoms with Gasteiger partial charge in [-0.2, -0.15) is 35.4 Å². The van der Waals surface area contributed by atoms with E-state index in [1.807, 2.05) is 6.08 Å². The van der Waals surface area contributed by atoms with Gasteiger partial charge in [-0.3, -0.25) is 0 Å². The first-order chi connectivity index (χ1) is 11.0. The van der Waals surface area contributed by atoms with Gasteiger partial charge < -0.3 is 24.8 Å². The van der Waals surface area contributed by atoms with Gasteiger partial charge in [0, 0.05) is 8.80 Å². The largest absolute Gasteiger partial charge is 4.00 e. The van der Waals surface area contributed by atoms with E-state index in [9.17, 15) is 0 Å². The Morgan fingerprint density at radius 2 is 1.00 bits per heavy atom. The Balaban J connectivity index is -0.000000142. The monoisotopic (exact) mass is 501 g/mol. The maximum absolute atomic E-state index is 3.63. The van der Waals surface area contributed by atoms with Crippen molar-refractivity contribution in [3.63, 3.8) is 0 Å². The summed E-state index contributed by atoms with van der Waals surface area (Å²) in [5.74, 6) is 0. The first kappa shape index (κ1) is 34.6. The minimum Gasteiger partial charge on any atom is -1.00 e. The summed E-state index contributed by atoms with van der Waals surface area (Å²) in [4.78, 5) is 0. The van der Waals surface area contributed by atoms with Crippen LogP contribution in [0.1, 0.15) is 52.7 Å². The molecular formula is C23H37Cl2SiZr. The molecule has 0 aliphatic carbocycles. The van der Waals surface area contributed by atoms with Crippen LogP contribution in [0.2, 0.25) is 19.1 Å². The fourth-order valence-corrected chi connectivity index (χ4v) is 2.61. The van der Waals surface area contributed by atoms with Gasteiger partial charge >= 0.3 is 26.2 Å². The second-order valence-electron chi connectivity index (χ2n) is 8.55. The molecule has 0 heterocycles. The molecule has 2 rings (SSSR count). The molecule has 0 aromatic heterocycles. The van der Waals surface area contributed by atoms with Gasteiger partial charge in [-0.1, -0.05) is 71.5 Å². The molecular weight excluding hydrogens is 466 g/mol. The zero-order chi connectivity index (χ0) is 18.8. The average molecular weight is 504 g/mol. The molecule has 0 aliphatic heterocycles. The Morgan fingerprint density at radius 3 is 1.07 bits per heavy atom. The third kappa shape index (κ3) is 17.9. The van der Waals surface area contributed by atoms with Gasteiger partial charge in [0.1, 0.15) is 0 Å². The van der Waals surface area contributed by atoms with Crippen LogP contribution in [0.4, 0.5) is 0 Å². The van der Waals surface area contributed by atoms with E-state index in [-0.39, 0.29) is 59.8 Å². The summed E-state index contributed by atoms with van der Waals surface area (Å²) in [7, 11) is -0.00360. The first-order valence-electron chi connectivity index (χ1n) is 8.82. The first-order valence-corrected chi connectivity index (χ1v) is 11.5. The van der Waals surface area contributed by atoms with Crippen molar-refractivity contribution in [1.82, 2.24) is 0 Å². The molecule has 0 saturated carbocycles. The van der Waals surface area contributed by atoms with Crippen LogP contribution in [0.3, 0.4) is 0 Å². The Labute approximate surface area is 202 Å². The Hall–Kier alpha value is 0.120. The summed E-state index contributed by atoms with van der Waals surface area (Å²) in [6.45, 7) is 21.5. The van der Waals surface area contributed by atoms with Crippen molar-refractivity contribution in [1.29, 1.82) is 0 Å². The minimum atomic E-state index is -0.00360. The number of hydrogen-bond acceptors (Lipinski definition) is 0. The fourth-order valence-electron chi connectivity index (χ4n) is 2.04. The number of rotatable bonds is 2. The molecule has 0 fully saturated rings. The molecule has 0 unspecified atom stereocenters. The van der Waals surface area contributed by atoms with E-state index in [1.54, 1.807) is 0 Å². The van der Waals surface area contributed by atoms with Crippen LogP contribution in [-0.2, 0) is 37.0 Å². The molecule has 0 nitrogen and oxygen atoms in total. The van der Waals surface area contributed by atoms with E-state index in [1.165, 1.54) is 17.2 Å². The van der Waals surface area contributed by atoms with Crippen LogP contribution in [0.25, 0.3) is 0 Å². The van der Waals surface area contributed by atoms with E-state index in [0.29, 0.717) is 10.8 Å². The smallest absolute Gasteiger partial charge is 1.00 e. The van der Waals surface area contributed by atoms with Crippen LogP contribution in [0, 0.1) is 0 Å². The molecule has 0 bridgehead atoms. The zero-order valence-electron chi connectivity index (χ0n) is 18.4. The van der Waals surface area contributed by atoms with Crippen molar-refractivity contribution in [2.24, 2.45) is 0 Å². The van der Waals surface area contributed by atoms with Crippen LogP contribution >= 0.6 is 0 Å². The topological polar surface area (TPSA) is 0 Å². The Bertz CT molecular complexity index is 486. The predicted octanol–water partition coefficient (Wildman–Crippen LogP) is 1.34. The van der Waals surface area contributed by atoms with Crippen molar-refractivity contribution in [3.05, 3.63) is 72.3 Å². The van der Waals surface area contributed by atoms with Gasteiger partial charge in [0.2, 0.25) is 0 Å². The van der Waals surface area contributed by atoms with E-state index >= 15 is 0 Å². The SMILES string of the molecule is C=CC[Si](C)C.CC(C)(C)[c-]1cccc1.CC(C)(C)[c-]1cccc1.[Cl-].[Cl-].[Zr+4]. The van der Waals surface area contributed by atoms with E-state index in [0.717, 1.165) is 0 Å². The minimum absolute atomic E-state index is 0. The summed E-state index contributed by atoms with van der Waals surface area (Å²) in [5, 5.41) is 0. The Kier molecular flexibility index (Phi) is 21.8. The quantitative estimate of drug-likeness (QED) is 0.330. The fraction of sp³-hybridized carbons (Fsp3) is 0.478. The molecule has 0 aliphatic rings. The van der Waals surface area contributed by atoms with Crippen molar-refractivity contribution < 1.29 is 51.0 Å². The van der Waals surface area contributed by atoms with Gasteiger partial charge in [0.15, 0.2) is 0 Å². The second-order valence-corrected chi connectivity index (χ2v) is 11.4. The van der Waals surface area contributed by atoms with Crippen molar-refractivity contribution in [2.45, 2.75) is 71.5 Å². The molecule has 1 radical (unpaired) electrons. The molecule has 4 heteroatoms.